The summed E-state index contributed by atoms with van der Waals surface area (Å²) in [5.74, 6) is 7.52. The lowest BCUT2D eigenvalue weighted by molar-refractivity contribution is 0.129. The van der Waals surface area contributed by atoms with Crippen LogP contribution in [-0.4, -0.2) is 46.5 Å². The molecule has 0 bridgehead atoms. The van der Waals surface area contributed by atoms with Gasteiger partial charge < -0.3 is 9.64 Å². The Hall–Kier alpha value is -1.12. The van der Waals surface area contributed by atoms with Gasteiger partial charge in [-0.1, -0.05) is 11.8 Å². The summed E-state index contributed by atoms with van der Waals surface area (Å²) in [6.07, 6.45) is 6.25. The maximum atomic E-state index is 5.64. The van der Waals surface area contributed by atoms with Crippen LogP contribution >= 0.6 is 11.8 Å². The van der Waals surface area contributed by atoms with Crippen molar-refractivity contribution >= 4 is 23.7 Å². The number of nitrogens with zero attached hydrogens (tertiary/aromatic N) is 4. The van der Waals surface area contributed by atoms with Crippen molar-refractivity contribution in [1.82, 2.24) is 15.0 Å². The molecule has 1 aromatic rings. The predicted octanol–water partition coefficient (Wildman–Crippen LogP) is 1.42. The minimum Gasteiger partial charge on any atom is -0.377 e. The summed E-state index contributed by atoms with van der Waals surface area (Å²) in [6, 6.07) is 0. The first-order valence-corrected chi connectivity index (χ1v) is 8.56. The highest BCUT2D eigenvalue weighted by molar-refractivity contribution is 7.99. The number of ether oxygens (including phenoxy) is 1. The van der Waals surface area contributed by atoms with Crippen LogP contribution in [0.1, 0.15) is 32.1 Å². The predicted molar refractivity (Wildman–Crippen MR) is 83.4 cm³/mol. The van der Waals surface area contributed by atoms with Gasteiger partial charge in [-0.3, -0.25) is 5.43 Å². The summed E-state index contributed by atoms with van der Waals surface area (Å²) in [7, 11) is 0. The number of hydrazine groups is 1. The number of aromatic nitrogens is 3. The third kappa shape index (κ3) is 3.96. The lowest BCUT2D eigenvalue weighted by Gasteiger charge is -2.26. The maximum Gasteiger partial charge on any atom is 0.242 e. The third-order valence-electron chi connectivity index (χ3n) is 3.79. The second-order valence-electron chi connectivity index (χ2n) is 5.38. The molecule has 21 heavy (non-hydrogen) atoms. The zero-order chi connectivity index (χ0) is 14.5. The number of nitrogens with one attached hydrogen (secondary N) is 1. The van der Waals surface area contributed by atoms with Crippen molar-refractivity contribution < 1.29 is 4.74 Å². The number of hydrogen-bond acceptors (Lipinski definition) is 8. The first-order chi connectivity index (χ1) is 10.3. The van der Waals surface area contributed by atoms with Crippen LogP contribution in [0.5, 0.6) is 0 Å². The Labute approximate surface area is 129 Å². The molecule has 2 fully saturated rings. The largest absolute Gasteiger partial charge is 0.377 e. The van der Waals surface area contributed by atoms with E-state index in [-0.39, 0.29) is 0 Å². The fraction of sp³-hybridized carbons (Fsp3) is 0.769. The molecule has 0 radical (unpaired) electrons. The molecule has 1 unspecified atom stereocenters. The molecule has 2 saturated heterocycles. The Morgan fingerprint density at radius 1 is 1.19 bits per heavy atom. The number of thioether (sulfide) groups is 1. The van der Waals surface area contributed by atoms with Crippen molar-refractivity contribution in [2.45, 2.75) is 43.4 Å². The van der Waals surface area contributed by atoms with E-state index < -0.39 is 0 Å². The number of nitrogens with two attached hydrogens (primary N) is 1. The summed E-state index contributed by atoms with van der Waals surface area (Å²) < 4.78 is 5.64. The van der Waals surface area contributed by atoms with Gasteiger partial charge in [0.05, 0.1) is 6.10 Å². The summed E-state index contributed by atoms with van der Waals surface area (Å²) in [5, 5.41) is 0.717. The lowest BCUT2D eigenvalue weighted by Crippen LogP contribution is -2.31. The molecule has 1 aromatic heterocycles. The second-order valence-corrected chi connectivity index (χ2v) is 6.37. The summed E-state index contributed by atoms with van der Waals surface area (Å²) >= 11 is 1.62. The molecule has 0 aromatic carbocycles. The molecular formula is C13H22N6OS. The molecule has 2 aliphatic heterocycles. The van der Waals surface area contributed by atoms with Gasteiger partial charge in [0, 0.05) is 25.4 Å². The first-order valence-electron chi connectivity index (χ1n) is 7.57. The minimum atomic E-state index is 0.319. The quantitative estimate of drug-likeness (QED) is 0.479. The van der Waals surface area contributed by atoms with Crippen LogP contribution in [0.25, 0.3) is 0 Å². The van der Waals surface area contributed by atoms with E-state index in [9.17, 15) is 0 Å². The Morgan fingerprint density at radius 3 is 2.76 bits per heavy atom. The normalized spacial score (nSPS) is 22.5. The molecule has 0 spiro atoms. The van der Waals surface area contributed by atoms with Crippen molar-refractivity contribution in [2.75, 3.05) is 35.8 Å². The minimum absolute atomic E-state index is 0.319. The van der Waals surface area contributed by atoms with Gasteiger partial charge in [0.1, 0.15) is 0 Å². The van der Waals surface area contributed by atoms with E-state index in [0.717, 1.165) is 44.2 Å². The van der Waals surface area contributed by atoms with Crippen LogP contribution in [-0.2, 0) is 4.74 Å². The molecule has 0 saturated carbocycles. The van der Waals surface area contributed by atoms with E-state index in [2.05, 4.69) is 25.3 Å². The van der Waals surface area contributed by atoms with Crippen LogP contribution in [0, 0.1) is 0 Å². The van der Waals surface area contributed by atoms with Crippen molar-refractivity contribution in [3.8, 4) is 0 Å². The third-order valence-corrected chi connectivity index (χ3v) is 4.77. The van der Waals surface area contributed by atoms with Crippen molar-refractivity contribution in [3.05, 3.63) is 0 Å². The molecule has 3 N–H and O–H groups in total. The SMILES string of the molecule is NNc1nc(SCC2CCCO2)nc(N2CCCCC2)n1. The van der Waals surface area contributed by atoms with Crippen LogP contribution in [0.2, 0.25) is 0 Å². The molecule has 3 rings (SSSR count). The van der Waals surface area contributed by atoms with Gasteiger partial charge in [0.15, 0.2) is 5.16 Å². The summed E-state index contributed by atoms with van der Waals surface area (Å²) in [5.41, 5.74) is 2.54. The fourth-order valence-electron chi connectivity index (χ4n) is 2.65. The Bertz CT molecular complexity index is 462. The Kier molecular flexibility index (Phi) is 5.10. The van der Waals surface area contributed by atoms with E-state index >= 15 is 0 Å². The highest BCUT2D eigenvalue weighted by atomic mass is 32.2. The highest BCUT2D eigenvalue weighted by Gasteiger charge is 2.19. The molecule has 8 heteroatoms. The number of anilines is 2. The molecule has 2 aliphatic rings. The van der Waals surface area contributed by atoms with Gasteiger partial charge in [-0.15, -0.1) is 0 Å². The number of rotatable bonds is 5. The Morgan fingerprint density at radius 2 is 2.05 bits per heavy atom. The monoisotopic (exact) mass is 310 g/mol. The lowest BCUT2D eigenvalue weighted by atomic mass is 10.1. The second kappa shape index (κ2) is 7.24. The standard InChI is InChI=1S/C13H22N6OS/c14-18-11-15-12(19-6-2-1-3-7-19)17-13(16-11)21-9-10-5-4-8-20-10/h10H,1-9,14H2,(H,15,16,17,18). The van der Waals surface area contributed by atoms with E-state index in [1.165, 1.54) is 19.3 Å². The summed E-state index contributed by atoms with van der Waals surface area (Å²) in [4.78, 5) is 15.5. The van der Waals surface area contributed by atoms with Crippen LogP contribution in [0.15, 0.2) is 5.16 Å². The van der Waals surface area contributed by atoms with Gasteiger partial charge in [0.25, 0.3) is 0 Å². The highest BCUT2D eigenvalue weighted by Crippen LogP contribution is 2.24. The zero-order valence-corrected chi connectivity index (χ0v) is 12.9. The van der Waals surface area contributed by atoms with Gasteiger partial charge in [-0.2, -0.15) is 15.0 Å². The van der Waals surface area contributed by atoms with Crippen molar-refractivity contribution in [3.63, 3.8) is 0 Å². The number of hydrogen-bond donors (Lipinski definition) is 2. The Balaban J connectivity index is 1.69. The van der Waals surface area contributed by atoms with Crippen LogP contribution in [0.3, 0.4) is 0 Å². The molecule has 3 heterocycles. The molecular weight excluding hydrogens is 288 g/mol. The smallest absolute Gasteiger partial charge is 0.242 e. The molecule has 116 valence electrons. The topological polar surface area (TPSA) is 89.2 Å². The van der Waals surface area contributed by atoms with Crippen LogP contribution < -0.4 is 16.2 Å². The average molecular weight is 310 g/mol. The zero-order valence-electron chi connectivity index (χ0n) is 12.1. The van der Waals surface area contributed by atoms with Gasteiger partial charge >= 0.3 is 0 Å². The fourth-order valence-corrected chi connectivity index (χ4v) is 3.55. The molecule has 0 aliphatic carbocycles. The van der Waals surface area contributed by atoms with Crippen molar-refractivity contribution in [1.29, 1.82) is 0 Å². The summed E-state index contributed by atoms with van der Waals surface area (Å²) in [6.45, 7) is 2.88. The molecule has 7 nitrogen and oxygen atoms in total. The first kappa shape index (κ1) is 14.8. The van der Waals surface area contributed by atoms with Crippen molar-refractivity contribution in [2.24, 2.45) is 5.84 Å². The van der Waals surface area contributed by atoms with E-state index in [4.69, 9.17) is 10.6 Å². The number of nitrogen functional groups attached to an aromatic ring is 1. The van der Waals surface area contributed by atoms with E-state index in [1.807, 2.05) is 0 Å². The van der Waals surface area contributed by atoms with Gasteiger partial charge in [0.2, 0.25) is 11.9 Å². The molecule has 0 amide bonds. The molecule has 1 atom stereocenters. The maximum absolute atomic E-state index is 5.64. The van der Waals surface area contributed by atoms with Gasteiger partial charge in [-0.25, -0.2) is 5.84 Å². The van der Waals surface area contributed by atoms with Crippen LogP contribution in [0.4, 0.5) is 11.9 Å². The number of piperidine rings is 1. The van der Waals surface area contributed by atoms with E-state index in [0.29, 0.717) is 17.2 Å². The van der Waals surface area contributed by atoms with E-state index in [1.54, 1.807) is 11.8 Å². The average Bonchev–Trinajstić information content (AvgIpc) is 3.07. The van der Waals surface area contributed by atoms with Gasteiger partial charge in [-0.05, 0) is 32.1 Å².